The Bertz CT molecular complexity index is 853. The lowest BCUT2D eigenvalue weighted by molar-refractivity contribution is -0.150. The fourth-order valence-corrected chi connectivity index (χ4v) is 6.72. The number of carbonyl (C=O) groups excluding carboxylic acids is 3. The molecule has 9 nitrogen and oxygen atoms in total. The number of amides is 2. The third-order valence-corrected chi connectivity index (χ3v) is 10.1. The average molecular weight is 739 g/mol. The summed E-state index contributed by atoms with van der Waals surface area (Å²) < 4.78 is 6.03. The first-order valence-electron chi connectivity index (χ1n) is 21.9. The van der Waals surface area contributed by atoms with Crippen molar-refractivity contribution in [3.63, 3.8) is 0 Å². The lowest BCUT2D eigenvalue weighted by Crippen LogP contribution is -2.47. The molecule has 0 aromatic carbocycles. The quantitative estimate of drug-likeness (QED) is 0.0362. The Balaban J connectivity index is 4.27. The highest BCUT2D eigenvalue weighted by Crippen LogP contribution is 2.19. The molecule has 0 heterocycles. The summed E-state index contributed by atoms with van der Waals surface area (Å²) in [4.78, 5) is 47.5. The van der Waals surface area contributed by atoms with E-state index < -0.39 is 24.5 Å². The largest absolute Gasteiger partial charge is 0.480 e. The molecule has 2 unspecified atom stereocenters. The van der Waals surface area contributed by atoms with E-state index in [-0.39, 0.29) is 24.5 Å². The number of unbranched alkanes of at least 4 members (excludes halogenated alkanes) is 26. The van der Waals surface area contributed by atoms with Crippen molar-refractivity contribution in [2.75, 3.05) is 13.2 Å². The lowest BCUT2D eigenvalue weighted by atomic mass is 10.0. The number of carboxylic acid groups (broad SMARTS) is 1. The van der Waals surface area contributed by atoms with Gasteiger partial charge in [-0.2, -0.15) is 0 Å². The van der Waals surface area contributed by atoms with Crippen LogP contribution < -0.4 is 10.6 Å². The zero-order valence-corrected chi connectivity index (χ0v) is 33.8. The van der Waals surface area contributed by atoms with Gasteiger partial charge in [0.2, 0.25) is 11.8 Å². The third-order valence-electron chi connectivity index (χ3n) is 10.1. The second-order valence-electron chi connectivity index (χ2n) is 15.2. The van der Waals surface area contributed by atoms with Crippen molar-refractivity contribution in [2.24, 2.45) is 0 Å². The molecule has 9 heteroatoms. The summed E-state index contributed by atoms with van der Waals surface area (Å²) in [6, 6.07) is -1.38. The fraction of sp³-hybridized carbons (Fsp3) is 0.907. The maximum Gasteiger partial charge on any atom is 0.328 e. The first kappa shape index (κ1) is 49.8. The predicted octanol–water partition coefficient (Wildman–Crippen LogP) is 10.5. The molecule has 0 aromatic heterocycles. The Morgan fingerprint density at radius 1 is 0.500 bits per heavy atom. The van der Waals surface area contributed by atoms with Crippen LogP contribution in [0.1, 0.15) is 226 Å². The number of esters is 1. The standard InChI is InChI=1S/C43H82N2O7/c1-3-5-7-9-11-13-15-17-19-21-24-28-32-38(52-42(49)35-31-27-22-20-18-16-14-12-10-8-6-4-2)33-29-25-23-26-30-34-40(47)44-36-41(48)45-39(37-46)43(50)51/h38-39,46H,3-37H2,1-2H3,(H,44,47)(H,45,48)(H,50,51). The van der Waals surface area contributed by atoms with Gasteiger partial charge >= 0.3 is 11.9 Å². The number of aliphatic hydroxyl groups is 1. The molecule has 0 bridgehead atoms. The fourth-order valence-electron chi connectivity index (χ4n) is 6.72. The maximum absolute atomic E-state index is 12.8. The number of hydrogen-bond acceptors (Lipinski definition) is 6. The van der Waals surface area contributed by atoms with Crippen LogP contribution in [-0.2, 0) is 23.9 Å². The SMILES string of the molecule is CCCCCCCCCCCCCCC(=O)OC(CCCCCCCCCCCCCC)CCCCCCCC(=O)NCC(=O)NC(CO)C(=O)O. The molecule has 0 aliphatic carbocycles. The van der Waals surface area contributed by atoms with Gasteiger partial charge in [0.1, 0.15) is 12.1 Å². The number of rotatable bonds is 40. The van der Waals surface area contributed by atoms with Crippen molar-refractivity contribution in [1.82, 2.24) is 10.6 Å². The number of ether oxygens (including phenoxy) is 1. The smallest absolute Gasteiger partial charge is 0.328 e. The van der Waals surface area contributed by atoms with Crippen molar-refractivity contribution >= 4 is 23.8 Å². The molecule has 0 radical (unpaired) electrons. The summed E-state index contributed by atoms with van der Waals surface area (Å²) in [6.45, 7) is 3.50. The molecule has 0 spiro atoms. The summed E-state index contributed by atoms with van der Waals surface area (Å²) in [6.07, 6.45) is 38.4. The summed E-state index contributed by atoms with van der Waals surface area (Å²) in [5, 5.41) is 22.5. The van der Waals surface area contributed by atoms with E-state index in [9.17, 15) is 19.2 Å². The van der Waals surface area contributed by atoms with Crippen molar-refractivity contribution in [3.8, 4) is 0 Å². The van der Waals surface area contributed by atoms with Gasteiger partial charge in [0.25, 0.3) is 0 Å². The van der Waals surface area contributed by atoms with E-state index >= 15 is 0 Å². The van der Waals surface area contributed by atoms with E-state index in [1.807, 2.05) is 0 Å². The van der Waals surface area contributed by atoms with Gasteiger partial charge in [-0.3, -0.25) is 14.4 Å². The van der Waals surface area contributed by atoms with Gasteiger partial charge in [-0.1, -0.05) is 174 Å². The van der Waals surface area contributed by atoms with Crippen LogP contribution >= 0.6 is 0 Å². The van der Waals surface area contributed by atoms with Crippen LogP contribution in [0.4, 0.5) is 0 Å². The first-order chi connectivity index (χ1) is 25.3. The Morgan fingerprint density at radius 2 is 0.865 bits per heavy atom. The molecule has 0 aliphatic rings. The van der Waals surface area contributed by atoms with Gasteiger partial charge in [0.15, 0.2) is 0 Å². The second-order valence-corrected chi connectivity index (χ2v) is 15.2. The van der Waals surface area contributed by atoms with Crippen LogP contribution in [0.5, 0.6) is 0 Å². The van der Waals surface area contributed by atoms with Gasteiger partial charge in [-0.05, 0) is 38.5 Å². The maximum atomic E-state index is 12.8. The molecule has 2 atom stereocenters. The average Bonchev–Trinajstić information content (AvgIpc) is 3.13. The van der Waals surface area contributed by atoms with Crippen LogP contribution in [0.15, 0.2) is 0 Å². The highest BCUT2D eigenvalue weighted by Gasteiger charge is 2.19. The van der Waals surface area contributed by atoms with Gasteiger partial charge in [0.05, 0.1) is 13.2 Å². The number of nitrogens with one attached hydrogen (secondary N) is 2. The molecular formula is C43H82N2O7. The number of carbonyl (C=O) groups is 4. The zero-order valence-electron chi connectivity index (χ0n) is 33.8. The highest BCUT2D eigenvalue weighted by atomic mass is 16.5. The minimum Gasteiger partial charge on any atom is -0.480 e. The van der Waals surface area contributed by atoms with Crippen LogP contribution in [0.2, 0.25) is 0 Å². The minimum atomic E-state index is -1.38. The van der Waals surface area contributed by atoms with Gasteiger partial charge in [0, 0.05) is 12.8 Å². The first-order valence-corrected chi connectivity index (χ1v) is 21.9. The van der Waals surface area contributed by atoms with Gasteiger partial charge in [-0.15, -0.1) is 0 Å². The van der Waals surface area contributed by atoms with Crippen LogP contribution in [-0.4, -0.2) is 59.3 Å². The molecule has 0 aliphatic heterocycles. The number of carboxylic acids is 1. The molecule has 0 fully saturated rings. The number of aliphatic hydroxyl groups excluding tert-OH is 1. The molecular weight excluding hydrogens is 656 g/mol. The molecule has 0 saturated carbocycles. The summed E-state index contributed by atoms with van der Waals surface area (Å²) in [5.74, 6) is -2.27. The molecule has 2 amide bonds. The van der Waals surface area contributed by atoms with Crippen molar-refractivity contribution < 1.29 is 34.1 Å². The Kier molecular flexibility index (Phi) is 37.0. The van der Waals surface area contributed by atoms with Crippen LogP contribution in [0.25, 0.3) is 0 Å². The summed E-state index contributed by atoms with van der Waals surface area (Å²) in [7, 11) is 0. The second kappa shape index (κ2) is 38.6. The van der Waals surface area contributed by atoms with Crippen LogP contribution in [0, 0.1) is 0 Å². The molecule has 0 saturated heterocycles. The normalized spacial score (nSPS) is 12.4. The lowest BCUT2D eigenvalue weighted by Gasteiger charge is -2.18. The number of aliphatic carboxylic acids is 1. The van der Waals surface area contributed by atoms with Crippen LogP contribution in [0.3, 0.4) is 0 Å². The summed E-state index contributed by atoms with van der Waals surface area (Å²) in [5.41, 5.74) is 0. The van der Waals surface area contributed by atoms with Crippen molar-refractivity contribution in [3.05, 3.63) is 0 Å². The minimum absolute atomic E-state index is 0.00331. The number of hydrogen-bond donors (Lipinski definition) is 4. The van der Waals surface area contributed by atoms with Gasteiger partial charge in [-0.25, -0.2) is 4.79 Å². The predicted molar refractivity (Wildman–Crippen MR) is 213 cm³/mol. The summed E-state index contributed by atoms with van der Waals surface area (Å²) >= 11 is 0. The molecule has 0 aromatic rings. The molecule has 4 N–H and O–H groups in total. The highest BCUT2D eigenvalue weighted by molar-refractivity contribution is 5.87. The monoisotopic (exact) mass is 739 g/mol. The zero-order chi connectivity index (χ0) is 38.3. The van der Waals surface area contributed by atoms with E-state index in [2.05, 4.69) is 24.5 Å². The van der Waals surface area contributed by atoms with Crippen molar-refractivity contribution in [2.45, 2.75) is 238 Å². The van der Waals surface area contributed by atoms with E-state index in [0.717, 1.165) is 57.8 Å². The molecule has 52 heavy (non-hydrogen) atoms. The van der Waals surface area contributed by atoms with Gasteiger partial charge < -0.3 is 25.6 Å². The van der Waals surface area contributed by atoms with E-state index in [1.54, 1.807) is 0 Å². The van der Waals surface area contributed by atoms with E-state index in [4.69, 9.17) is 14.9 Å². The Labute approximate surface area is 319 Å². The third kappa shape index (κ3) is 34.9. The molecule has 0 rings (SSSR count). The topological polar surface area (TPSA) is 142 Å². The van der Waals surface area contributed by atoms with E-state index in [0.29, 0.717) is 19.3 Å². The van der Waals surface area contributed by atoms with Crippen molar-refractivity contribution in [1.29, 1.82) is 0 Å². The Morgan fingerprint density at radius 3 is 1.25 bits per heavy atom. The molecule has 306 valence electrons. The Hall–Kier alpha value is -2.16. The van der Waals surface area contributed by atoms with E-state index in [1.165, 1.54) is 135 Å².